The van der Waals surface area contributed by atoms with Gasteiger partial charge in [0.05, 0.1) is 0 Å². The Hall–Kier alpha value is -1.35. The molecule has 0 saturated heterocycles. The second kappa shape index (κ2) is 6.89. The van der Waals surface area contributed by atoms with Crippen molar-refractivity contribution in [1.29, 1.82) is 0 Å². The number of carbonyl (C=O) groups is 1. The number of benzene rings is 1. The number of amides is 1. The zero-order chi connectivity index (χ0) is 14.5. The van der Waals surface area contributed by atoms with E-state index in [0.717, 1.165) is 24.0 Å². The second-order valence-electron chi connectivity index (χ2n) is 6.04. The Morgan fingerprint density at radius 1 is 1.30 bits per heavy atom. The van der Waals surface area contributed by atoms with E-state index < -0.39 is 0 Å². The van der Waals surface area contributed by atoms with E-state index in [1.165, 1.54) is 12.8 Å². The van der Waals surface area contributed by atoms with Gasteiger partial charge in [-0.1, -0.05) is 44.9 Å². The lowest BCUT2D eigenvalue weighted by molar-refractivity contribution is 0.0890. The third-order valence-corrected chi connectivity index (χ3v) is 4.70. The number of carbonyl (C=O) groups excluding carboxylic acids is 1. The second-order valence-corrected chi connectivity index (χ2v) is 6.04. The molecule has 1 aromatic carbocycles. The van der Waals surface area contributed by atoms with E-state index >= 15 is 0 Å². The summed E-state index contributed by atoms with van der Waals surface area (Å²) >= 11 is 0. The first kappa shape index (κ1) is 15.0. The molecule has 110 valence electrons. The molecule has 20 heavy (non-hydrogen) atoms. The molecular weight excluding hydrogens is 248 g/mol. The number of hydrogen-bond acceptors (Lipinski definition) is 2. The van der Waals surface area contributed by atoms with E-state index in [2.05, 4.69) is 19.2 Å². The van der Waals surface area contributed by atoms with Crippen LogP contribution in [0, 0.1) is 11.8 Å². The van der Waals surface area contributed by atoms with Crippen molar-refractivity contribution < 1.29 is 4.79 Å². The summed E-state index contributed by atoms with van der Waals surface area (Å²) in [5.74, 6) is 1.29. The first-order valence-electron chi connectivity index (χ1n) is 7.72. The molecule has 1 aliphatic rings. The SMILES string of the molecule is CC1CCCC(NC(=O)c2ccccc2CCN)C1C. The minimum absolute atomic E-state index is 0.0556. The summed E-state index contributed by atoms with van der Waals surface area (Å²) in [6.45, 7) is 5.10. The third-order valence-electron chi connectivity index (χ3n) is 4.70. The van der Waals surface area contributed by atoms with Crippen LogP contribution in [0.15, 0.2) is 24.3 Å². The third kappa shape index (κ3) is 3.40. The maximum atomic E-state index is 12.5. The standard InChI is InChI=1S/C17H26N2O/c1-12-6-5-9-16(13(12)2)19-17(20)15-8-4-3-7-14(15)10-11-18/h3-4,7-8,12-13,16H,5-6,9-11,18H2,1-2H3,(H,19,20). The first-order chi connectivity index (χ1) is 9.63. The molecule has 1 aliphatic carbocycles. The van der Waals surface area contributed by atoms with Crippen LogP contribution >= 0.6 is 0 Å². The largest absolute Gasteiger partial charge is 0.349 e. The number of hydrogen-bond donors (Lipinski definition) is 2. The van der Waals surface area contributed by atoms with Crippen LogP contribution in [0.2, 0.25) is 0 Å². The molecule has 3 heteroatoms. The Morgan fingerprint density at radius 3 is 2.80 bits per heavy atom. The minimum atomic E-state index is 0.0556. The van der Waals surface area contributed by atoms with Crippen LogP contribution in [0.25, 0.3) is 0 Å². The van der Waals surface area contributed by atoms with Crippen molar-refractivity contribution in [2.75, 3.05) is 6.54 Å². The lowest BCUT2D eigenvalue weighted by Gasteiger charge is -2.34. The van der Waals surface area contributed by atoms with Gasteiger partial charge in [-0.3, -0.25) is 4.79 Å². The van der Waals surface area contributed by atoms with Gasteiger partial charge in [-0.05, 0) is 42.9 Å². The van der Waals surface area contributed by atoms with Crippen LogP contribution in [0.1, 0.15) is 49.0 Å². The maximum Gasteiger partial charge on any atom is 0.251 e. The number of nitrogens with one attached hydrogen (secondary N) is 1. The molecule has 3 unspecified atom stereocenters. The molecule has 0 heterocycles. The van der Waals surface area contributed by atoms with Crippen molar-refractivity contribution in [2.45, 2.75) is 45.6 Å². The van der Waals surface area contributed by atoms with E-state index in [9.17, 15) is 4.79 Å². The zero-order valence-electron chi connectivity index (χ0n) is 12.6. The zero-order valence-corrected chi connectivity index (χ0v) is 12.6. The van der Waals surface area contributed by atoms with Gasteiger partial charge in [0.1, 0.15) is 0 Å². The predicted molar refractivity (Wildman–Crippen MR) is 82.6 cm³/mol. The van der Waals surface area contributed by atoms with E-state index in [-0.39, 0.29) is 5.91 Å². The van der Waals surface area contributed by atoms with Gasteiger partial charge in [0.2, 0.25) is 0 Å². The highest BCUT2D eigenvalue weighted by molar-refractivity contribution is 5.95. The summed E-state index contributed by atoms with van der Waals surface area (Å²) < 4.78 is 0. The Balaban J connectivity index is 2.08. The summed E-state index contributed by atoms with van der Waals surface area (Å²) in [5.41, 5.74) is 7.45. The van der Waals surface area contributed by atoms with E-state index in [4.69, 9.17) is 5.73 Å². The summed E-state index contributed by atoms with van der Waals surface area (Å²) in [7, 11) is 0. The lowest BCUT2D eigenvalue weighted by atomic mass is 9.78. The van der Waals surface area contributed by atoms with Crippen molar-refractivity contribution in [3.05, 3.63) is 35.4 Å². The lowest BCUT2D eigenvalue weighted by Crippen LogP contribution is -2.44. The Labute approximate surface area is 121 Å². The van der Waals surface area contributed by atoms with E-state index in [1.807, 2.05) is 24.3 Å². The van der Waals surface area contributed by atoms with E-state index in [1.54, 1.807) is 0 Å². The van der Waals surface area contributed by atoms with Gasteiger partial charge in [0, 0.05) is 11.6 Å². The summed E-state index contributed by atoms with van der Waals surface area (Å²) in [6.07, 6.45) is 4.33. The van der Waals surface area contributed by atoms with Gasteiger partial charge in [0.25, 0.3) is 5.91 Å². The van der Waals surface area contributed by atoms with Crippen LogP contribution in [-0.4, -0.2) is 18.5 Å². The molecule has 3 atom stereocenters. The Bertz CT molecular complexity index is 458. The Kier molecular flexibility index (Phi) is 5.18. The highest BCUT2D eigenvalue weighted by atomic mass is 16.1. The van der Waals surface area contributed by atoms with Gasteiger partial charge in [-0.2, -0.15) is 0 Å². The van der Waals surface area contributed by atoms with Crippen molar-refractivity contribution >= 4 is 5.91 Å². The molecule has 1 aromatic rings. The molecule has 3 nitrogen and oxygen atoms in total. The molecule has 0 radical (unpaired) electrons. The fourth-order valence-corrected chi connectivity index (χ4v) is 3.15. The molecule has 1 amide bonds. The normalized spacial score (nSPS) is 26.2. The van der Waals surface area contributed by atoms with Crippen LogP contribution in [0.5, 0.6) is 0 Å². The summed E-state index contributed by atoms with van der Waals surface area (Å²) in [5, 5.41) is 3.23. The van der Waals surface area contributed by atoms with Gasteiger partial charge >= 0.3 is 0 Å². The van der Waals surface area contributed by atoms with Crippen molar-refractivity contribution in [2.24, 2.45) is 17.6 Å². The molecule has 0 bridgehead atoms. The molecule has 1 fully saturated rings. The highest BCUT2D eigenvalue weighted by Gasteiger charge is 2.28. The maximum absolute atomic E-state index is 12.5. The van der Waals surface area contributed by atoms with E-state index in [0.29, 0.717) is 24.4 Å². The van der Waals surface area contributed by atoms with Crippen LogP contribution in [0.4, 0.5) is 0 Å². The molecule has 3 N–H and O–H groups in total. The molecule has 0 spiro atoms. The highest BCUT2D eigenvalue weighted by Crippen LogP contribution is 2.29. The average molecular weight is 274 g/mol. The Morgan fingerprint density at radius 2 is 2.05 bits per heavy atom. The molecule has 2 rings (SSSR count). The summed E-state index contributed by atoms with van der Waals surface area (Å²) in [4.78, 5) is 12.5. The molecule has 1 saturated carbocycles. The minimum Gasteiger partial charge on any atom is -0.349 e. The number of rotatable bonds is 4. The topological polar surface area (TPSA) is 55.1 Å². The van der Waals surface area contributed by atoms with Crippen molar-refractivity contribution in [3.63, 3.8) is 0 Å². The fraction of sp³-hybridized carbons (Fsp3) is 0.588. The van der Waals surface area contributed by atoms with Crippen molar-refractivity contribution in [1.82, 2.24) is 5.32 Å². The molecular formula is C17H26N2O. The predicted octanol–water partition coefficient (Wildman–Crippen LogP) is 2.74. The number of nitrogens with two attached hydrogens (primary N) is 1. The monoisotopic (exact) mass is 274 g/mol. The van der Waals surface area contributed by atoms with Gasteiger partial charge < -0.3 is 11.1 Å². The average Bonchev–Trinajstić information content (AvgIpc) is 2.45. The molecule has 0 aliphatic heterocycles. The summed E-state index contributed by atoms with van der Waals surface area (Å²) in [6, 6.07) is 8.08. The first-order valence-corrected chi connectivity index (χ1v) is 7.72. The van der Waals surface area contributed by atoms with Crippen LogP contribution in [-0.2, 0) is 6.42 Å². The van der Waals surface area contributed by atoms with Crippen LogP contribution < -0.4 is 11.1 Å². The van der Waals surface area contributed by atoms with Crippen molar-refractivity contribution in [3.8, 4) is 0 Å². The quantitative estimate of drug-likeness (QED) is 0.887. The molecule has 0 aromatic heterocycles. The van der Waals surface area contributed by atoms with Crippen LogP contribution in [0.3, 0.4) is 0 Å². The smallest absolute Gasteiger partial charge is 0.251 e. The fourth-order valence-electron chi connectivity index (χ4n) is 3.15. The van der Waals surface area contributed by atoms with Gasteiger partial charge in [-0.15, -0.1) is 0 Å². The van der Waals surface area contributed by atoms with Gasteiger partial charge in [0.15, 0.2) is 0 Å². The van der Waals surface area contributed by atoms with Gasteiger partial charge in [-0.25, -0.2) is 0 Å².